The van der Waals surface area contributed by atoms with Gasteiger partial charge in [0.25, 0.3) is 0 Å². The van der Waals surface area contributed by atoms with E-state index in [-0.39, 0.29) is 42.5 Å². The van der Waals surface area contributed by atoms with Gasteiger partial charge in [-0.2, -0.15) is 5.26 Å². The number of phenols is 1. The molecule has 11 heteroatoms. The summed E-state index contributed by atoms with van der Waals surface area (Å²) in [5.41, 5.74) is -0.989. The number of sulfone groups is 1. The van der Waals surface area contributed by atoms with Crippen LogP contribution in [0.2, 0.25) is 0 Å². The van der Waals surface area contributed by atoms with E-state index in [4.69, 9.17) is 0 Å². The molecule has 1 unspecified atom stereocenters. The highest BCUT2D eigenvalue weighted by molar-refractivity contribution is 7.92. The number of halogens is 2. The Bertz CT molecular complexity index is 1200. The molecule has 4 rings (SSSR count). The number of likely N-dealkylation sites (tertiary alicyclic amines) is 1. The molecule has 2 saturated carbocycles. The molecule has 1 aromatic rings. The maximum absolute atomic E-state index is 13.9. The summed E-state index contributed by atoms with van der Waals surface area (Å²) in [5.74, 6) is -4.58. The Balaban J connectivity index is 1.58. The number of phenolic OH excluding ortho intramolecular Hbond substituents is 1. The molecule has 3 aliphatic rings. The number of aromatic hydroxyl groups is 1. The van der Waals surface area contributed by atoms with Crippen LogP contribution in [-0.2, 0) is 19.4 Å². The number of benzene rings is 1. The first kappa shape index (κ1) is 28.3. The number of amides is 2. The summed E-state index contributed by atoms with van der Waals surface area (Å²) in [6.45, 7) is 1.69. The smallest absolute Gasteiger partial charge is 0.248 e. The molecule has 38 heavy (non-hydrogen) atoms. The van der Waals surface area contributed by atoms with Crippen molar-refractivity contribution in [2.45, 2.75) is 98.8 Å². The van der Waals surface area contributed by atoms with Gasteiger partial charge in [0.1, 0.15) is 22.2 Å². The number of nitriles is 1. The van der Waals surface area contributed by atoms with Crippen LogP contribution in [0.5, 0.6) is 5.75 Å². The van der Waals surface area contributed by atoms with Gasteiger partial charge >= 0.3 is 0 Å². The number of carbonyl (C=O) groups is 2. The van der Waals surface area contributed by atoms with E-state index in [1.54, 1.807) is 0 Å². The van der Waals surface area contributed by atoms with Gasteiger partial charge in [0.15, 0.2) is 9.84 Å². The van der Waals surface area contributed by atoms with Gasteiger partial charge < -0.3 is 15.3 Å². The fourth-order valence-electron chi connectivity index (χ4n) is 5.76. The molecule has 3 fully saturated rings. The molecule has 0 spiro atoms. The number of rotatable bonds is 9. The lowest BCUT2D eigenvalue weighted by molar-refractivity contribution is -0.142. The summed E-state index contributed by atoms with van der Waals surface area (Å²) in [5, 5.41) is 21.2. The van der Waals surface area contributed by atoms with E-state index >= 15 is 0 Å². The summed E-state index contributed by atoms with van der Waals surface area (Å²) < 4.78 is 54.3. The maximum Gasteiger partial charge on any atom is 0.248 e. The summed E-state index contributed by atoms with van der Waals surface area (Å²) in [7, 11) is -4.09. The second kappa shape index (κ2) is 10.8. The highest BCUT2D eigenvalue weighted by Gasteiger charge is 2.51. The topological polar surface area (TPSA) is 128 Å². The Kier molecular flexibility index (Phi) is 8.03. The third kappa shape index (κ3) is 5.95. The predicted octanol–water partition coefficient (Wildman–Crippen LogP) is 3.94. The number of alkyl halides is 2. The normalized spacial score (nSPS) is 25.4. The number of hydrogen-bond acceptors (Lipinski definition) is 6. The van der Waals surface area contributed by atoms with E-state index in [9.17, 15) is 37.2 Å². The molecule has 0 radical (unpaired) electrons. The standard InChI is InChI=1S/C27H35F2N3O5S/c1-2-5-19(14-18-8-10-27(28,29)11-9-18)25(35)32-16-20(38(36,37)23-7-4-3-6-22(23)33)15-21(32)24(34)31-26(17-30)12-13-26/h3-4,6-7,18-21,33H,2,5,8-16H2,1H3,(H,31,34)/t19?,20-,21+/m1/s1. The largest absolute Gasteiger partial charge is 0.507 e. The first-order valence-electron chi connectivity index (χ1n) is 13.3. The van der Waals surface area contributed by atoms with Crippen molar-refractivity contribution >= 4 is 21.7 Å². The minimum Gasteiger partial charge on any atom is -0.507 e. The van der Waals surface area contributed by atoms with E-state index in [1.807, 2.05) is 6.92 Å². The summed E-state index contributed by atoms with van der Waals surface area (Å²) in [6, 6.07) is 6.54. The molecular formula is C27H35F2N3O5S. The Morgan fingerprint density at radius 2 is 1.87 bits per heavy atom. The Hall–Kier alpha value is -2.74. The maximum atomic E-state index is 13.9. The molecule has 1 aromatic carbocycles. The van der Waals surface area contributed by atoms with Crippen LogP contribution in [0, 0.1) is 23.2 Å². The van der Waals surface area contributed by atoms with Crippen molar-refractivity contribution in [3.05, 3.63) is 24.3 Å². The summed E-state index contributed by atoms with van der Waals surface area (Å²) in [6.07, 6.45) is 2.60. The SMILES string of the molecule is CCCC(CC1CCC(F)(F)CC1)C(=O)N1C[C@H](S(=O)(=O)c2ccccc2O)C[C@H]1C(=O)NC1(C#N)CC1. The summed E-state index contributed by atoms with van der Waals surface area (Å²) >= 11 is 0. The first-order valence-corrected chi connectivity index (χ1v) is 14.9. The van der Waals surface area contributed by atoms with Crippen LogP contribution in [-0.4, -0.2) is 59.5 Å². The van der Waals surface area contributed by atoms with Crippen LogP contribution < -0.4 is 5.32 Å². The molecule has 1 heterocycles. The van der Waals surface area contributed by atoms with E-state index in [0.717, 1.165) is 0 Å². The third-order valence-corrected chi connectivity index (χ3v) is 10.4. The van der Waals surface area contributed by atoms with Crippen LogP contribution in [0.4, 0.5) is 8.78 Å². The number of para-hydroxylation sites is 1. The average molecular weight is 552 g/mol. The Morgan fingerprint density at radius 3 is 2.45 bits per heavy atom. The molecule has 0 bridgehead atoms. The van der Waals surface area contributed by atoms with Crippen molar-refractivity contribution in [2.75, 3.05) is 6.54 Å². The quantitative estimate of drug-likeness (QED) is 0.479. The second-order valence-electron chi connectivity index (χ2n) is 11.1. The van der Waals surface area contributed by atoms with Gasteiger partial charge in [-0.3, -0.25) is 9.59 Å². The van der Waals surface area contributed by atoms with Crippen LogP contribution in [0.15, 0.2) is 29.2 Å². The number of hydrogen-bond donors (Lipinski definition) is 2. The average Bonchev–Trinajstić information content (AvgIpc) is 3.49. The fourth-order valence-corrected chi connectivity index (χ4v) is 7.54. The molecule has 0 aromatic heterocycles. The Labute approximate surface area is 222 Å². The molecule has 2 N–H and O–H groups in total. The van der Waals surface area contributed by atoms with Crippen molar-refractivity contribution in [3.8, 4) is 11.8 Å². The molecule has 2 amide bonds. The zero-order chi connectivity index (χ0) is 27.7. The van der Waals surface area contributed by atoms with Crippen LogP contribution in [0.1, 0.15) is 71.1 Å². The molecule has 208 valence electrons. The van der Waals surface area contributed by atoms with Crippen LogP contribution >= 0.6 is 0 Å². The van der Waals surface area contributed by atoms with Gasteiger partial charge in [-0.1, -0.05) is 25.5 Å². The zero-order valence-electron chi connectivity index (χ0n) is 21.5. The van der Waals surface area contributed by atoms with Crippen molar-refractivity contribution < 1.29 is 31.9 Å². The van der Waals surface area contributed by atoms with E-state index in [0.29, 0.717) is 44.9 Å². The van der Waals surface area contributed by atoms with Crippen molar-refractivity contribution in [2.24, 2.45) is 11.8 Å². The van der Waals surface area contributed by atoms with E-state index < -0.39 is 50.2 Å². The van der Waals surface area contributed by atoms with Gasteiger partial charge in [-0.05, 0) is 63.0 Å². The lowest BCUT2D eigenvalue weighted by Gasteiger charge is -2.33. The van der Waals surface area contributed by atoms with Gasteiger partial charge in [-0.15, -0.1) is 0 Å². The molecule has 3 atom stereocenters. The number of nitrogens with zero attached hydrogens (tertiary/aromatic N) is 2. The van der Waals surface area contributed by atoms with Crippen LogP contribution in [0.3, 0.4) is 0 Å². The van der Waals surface area contributed by atoms with Crippen molar-refractivity contribution in [1.29, 1.82) is 5.26 Å². The Morgan fingerprint density at radius 1 is 1.21 bits per heavy atom. The lowest BCUT2D eigenvalue weighted by atomic mass is 9.79. The second-order valence-corrected chi connectivity index (χ2v) is 13.3. The predicted molar refractivity (Wildman–Crippen MR) is 135 cm³/mol. The van der Waals surface area contributed by atoms with Gasteiger partial charge in [0.05, 0.1) is 11.3 Å². The molecular weight excluding hydrogens is 516 g/mol. The van der Waals surface area contributed by atoms with Gasteiger partial charge in [0, 0.05) is 25.3 Å². The first-order chi connectivity index (χ1) is 17.9. The van der Waals surface area contributed by atoms with E-state index in [1.165, 1.54) is 29.2 Å². The van der Waals surface area contributed by atoms with E-state index in [2.05, 4.69) is 11.4 Å². The minimum absolute atomic E-state index is 0.0425. The monoisotopic (exact) mass is 551 g/mol. The van der Waals surface area contributed by atoms with Crippen molar-refractivity contribution in [3.63, 3.8) is 0 Å². The molecule has 8 nitrogen and oxygen atoms in total. The molecule has 2 aliphatic carbocycles. The third-order valence-electron chi connectivity index (χ3n) is 8.23. The minimum atomic E-state index is -4.09. The highest BCUT2D eigenvalue weighted by Crippen LogP contribution is 2.41. The highest BCUT2D eigenvalue weighted by atomic mass is 32.2. The van der Waals surface area contributed by atoms with Gasteiger partial charge in [0.2, 0.25) is 17.7 Å². The fraction of sp³-hybridized carbons (Fsp3) is 0.667. The number of nitrogens with one attached hydrogen (secondary N) is 1. The molecule has 1 saturated heterocycles. The van der Waals surface area contributed by atoms with Crippen LogP contribution in [0.25, 0.3) is 0 Å². The number of carbonyl (C=O) groups excluding carboxylic acids is 2. The zero-order valence-corrected chi connectivity index (χ0v) is 22.4. The van der Waals surface area contributed by atoms with Gasteiger partial charge in [-0.25, -0.2) is 17.2 Å². The van der Waals surface area contributed by atoms with Crippen molar-refractivity contribution in [1.82, 2.24) is 10.2 Å². The summed E-state index contributed by atoms with van der Waals surface area (Å²) in [4.78, 5) is 28.2. The molecule has 1 aliphatic heterocycles. The lowest BCUT2D eigenvalue weighted by Crippen LogP contribution is -2.51.